The van der Waals surface area contributed by atoms with E-state index in [2.05, 4.69) is 15.2 Å². The molecular weight excluding hydrogens is 458 g/mol. The van der Waals surface area contributed by atoms with Crippen LogP contribution >= 0.6 is 0 Å². The summed E-state index contributed by atoms with van der Waals surface area (Å²) in [6.07, 6.45) is 5.24. The second-order valence-corrected chi connectivity index (χ2v) is 9.56. The molecule has 1 heterocycles. The summed E-state index contributed by atoms with van der Waals surface area (Å²) in [5.41, 5.74) is 2.21. The maximum absolute atomic E-state index is 12.8. The third-order valence-electron chi connectivity index (χ3n) is 5.31. The Hall–Kier alpha value is -3.79. The molecule has 1 aromatic heterocycles. The maximum Gasteiger partial charge on any atom is 0.261 e. The topological polar surface area (TPSA) is 120 Å². The molecule has 1 fully saturated rings. The summed E-state index contributed by atoms with van der Waals surface area (Å²) in [7, 11) is -0.849. The van der Waals surface area contributed by atoms with Crippen LogP contribution in [0.25, 0.3) is 12.2 Å². The number of hydrogen-bond acceptors (Lipinski definition) is 7. The Kier molecular flexibility index (Phi) is 6.60. The van der Waals surface area contributed by atoms with Crippen LogP contribution in [0.4, 0.5) is 11.4 Å². The van der Waals surface area contributed by atoms with Gasteiger partial charge in [0.1, 0.15) is 22.9 Å². The highest BCUT2D eigenvalue weighted by Gasteiger charge is 2.30. The Bertz CT molecular complexity index is 1300. The molecule has 0 bridgehead atoms. The molecule has 1 saturated carbocycles. The van der Waals surface area contributed by atoms with Gasteiger partial charge in [-0.3, -0.25) is 9.52 Å². The lowest BCUT2D eigenvalue weighted by Gasteiger charge is -2.11. The number of benzene rings is 2. The van der Waals surface area contributed by atoms with E-state index in [1.54, 1.807) is 49.4 Å². The van der Waals surface area contributed by atoms with E-state index in [9.17, 15) is 13.2 Å². The van der Waals surface area contributed by atoms with Crippen LogP contribution in [0.15, 0.2) is 51.9 Å². The van der Waals surface area contributed by atoms with Crippen LogP contribution in [0.1, 0.15) is 29.9 Å². The van der Waals surface area contributed by atoms with Gasteiger partial charge in [0.25, 0.3) is 10.0 Å². The zero-order valence-corrected chi connectivity index (χ0v) is 19.8. The number of anilines is 2. The third-order valence-corrected chi connectivity index (χ3v) is 6.70. The molecular formula is C24H25N3O6S. The number of sulfonamides is 1. The molecule has 1 aliphatic carbocycles. The largest absolute Gasteiger partial charge is 0.497 e. The first-order valence-electron chi connectivity index (χ1n) is 10.6. The highest BCUT2D eigenvalue weighted by atomic mass is 32.2. The van der Waals surface area contributed by atoms with E-state index in [-0.39, 0.29) is 16.7 Å². The van der Waals surface area contributed by atoms with Crippen molar-refractivity contribution in [1.29, 1.82) is 0 Å². The van der Waals surface area contributed by atoms with Crippen molar-refractivity contribution >= 4 is 39.5 Å². The Morgan fingerprint density at radius 1 is 1.06 bits per heavy atom. The van der Waals surface area contributed by atoms with Crippen LogP contribution in [0.2, 0.25) is 0 Å². The summed E-state index contributed by atoms with van der Waals surface area (Å²) >= 11 is 0. The van der Waals surface area contributed by atoms with E-state index in [1.165, 1.54) is 26.4 Å². The lowest BCUT2D eigenvalue weighted by atomic mass is 10.2. The standard InChI is InChI=1S/C24H25N3O6S/c1-15-23(25-24(28)17-7-8-17)22(33-26-15)11-6-16-4-9-21(10-5-16)34(29,30)27-18-12-19(31-2)14-20(13-18)32-3/h4-6,9-14,17,27H,7-8H2,1-3H3,(H,25,28)/b11-6-. The van der Waals surface area contributed by atoms with Crippen molar-refractivity contribution in [2.75, 3.05) is 24.3 Å². The minimum absolute atomic E-state index is 0.0309. The van der Waals surface area contributed by atoms with Crippen molar-refractivity contribution in [3.05, 3.63) is 59.5 Å². The number of aryl methyl sites for hydroxylation is 1. The fraction of sp³-hybridized carbons (Fsp3) is 0.250. The van der Waals surface area contributed by atoms with Gasteiger partial charge in [-0.15, -0.1) is 0 Å². The first-order valence-corrected chi connectivity index (χ1v) is 12.1. The Labute approximate surface area is 197 Å². The van der Waals surface area contributed by atoms with E-state index in [0.717, 1.165) is 18.4 Å². The fourth-order valence-corrected chi connectivity index (χ4v) is 4.27. The average Bonchev–Trinajstić information content (AvgIpc) is 3.63. The van der Waals surface area contributed by atoms with Crippen molar-refractivity contribution in [2.45, 2.75) is 24.7 Å². The fourth-order valence-electron chi connectivity index (χ4n) is 3.23. The maximum atomic E-state index is 12.8. The predicted octanol–water partition coefficient (Wildman–Crippen LogP) is 4.32. The quantitative estimate of drug-likeness (QED) is 0.465. The summed E-state index contributed by atoms with van der Waals surface area (Å²) in [5.74, 6) is 1.39. The molecule has 2 aromatic carbocycles. The molecule has 9 nitrogen and oxygen atoms in total. The van der Waals surface area contributed by atoms with E-state index in [0.29, 0.717) is 34.3 Å². The van der Waals surface area contributed by atoms with Crippen molar-refractivity contribution in [3.63, 3.8) is 0 Å². The molecule has 2 N–H and O–H groups in total. The zero-order valence-electron chi connectivity index (χ0n) is 19.0. The van der Waals surface area contributed by atoms with Crippen molar-refractivity contribution in [1.82, 2.24) is 5.16 Å². The van der Waals surface area contributed by atoms with Gasteiger partial charge in [-0.2, -0.15) is 0 Å². The molecule has 4 rings (SSSR count). The first kappa shape index (κ1) is 23.4. The number of carbonyl (C=O) groups excluding carboxylic acids is 1. The van der Waals surface area contributed by atoms with Crippen molar-refractivity contribution in [2.24, 2.45) is 5.92 Å². The van der Waals surface area contributed by atoms with Crippen molar-refractivity contribution < 1.29 is 27.2 Å². The smallest absolute Gasteiger partial charge is 0.261 e. The van der Waals surface area contributed by atoms with E-state index < -0.39 is 10.0 Å². The zero-order chi connectivity index (χ0) is 24.3. The first-order chi connectivity index (χ1) is 16.3. The second-order valence-electron chi connectivity index (χ2n) is 7.88. The van der Waals surface area contributed by atoms with Gasteiger partial charge in [-0.05, 0) is 43.5 Å². The number of aromatic nitrogens is 1. The van der Waals surface area contributed by atoms with Gasteiger partial charge in [0.2, 0.25) is 5.91 Å². The van der Waals surface area contributed by atoms with Gasteiger partial charge in [0.15, 0.2) is 5.76 Å². The molecule has 0 aliphatic heterocycles. The number of nitrogens with one attached hydrogen (secondary N) is 2. The number of carbonyl (C=O) groups is 1. The Morgan fingerprint density at radius 3 is 2.29 bits per heavy atom. The molecule has 0 saturated heterocycles. The average molecular weight is 484 g/mol. The molecule has 0 unspecified atom stereocenters. The highest BCUT2D eigenvalue weighted by Crippen LogP contribution is 2.32. The molecule has 3 aromatic rings. The summed E-state index contributed by atoms with van der Waals surface area (Å²) in [4.78, 5) is 12.2. The predicted molar refractivity (Wildman–Crippen MR) is 128 cm³/mol. The Balaban J connectivity index is 1.48. The number of amides is 1. The van der Waals surface area contributed by atoms with Crippen LogP contribution in [-0.4, -0.2) is 33.7 Å². The summed E-state index contributed by atoms with van der Waals surface area (Å²) in [6.45, 7) is 1.76. The number of ether oxygens (including phenoxy) is 2. The van der Waals surface area contributed by atoms with E-state index in [4.69, 9.17) is 14.0 Å². The van der Waals surface area contributed by atoms with Gasteiger partial charge in [0.05, 0.1) is 24.8 Å². The monoisotopic (exact) mass is 483 g/mol. The Morgan fingerprint density at radius 2 is 1.71 bits per heavy atom. The molecule has 0 atom stereocenters. The molecule has 34 heavy (non-hydrogen) atoms. The third kappa shape index (κ3) is 5.40. The van der Waals surface area contributed by atoms with Crippen LogP contribution < -0.4 is 19.5 Å². The van der Waals surface area contributed by atoms with Gasteiger partial charge < -0.3 is 19.3 Å². The van der Waals surface area contributed by atoms with Crippen LogP contribution in [0.3, 0.4) is 0 Å². The van der Waals surface area contributed by atoms with Gasteiger partial charge in [0, 0.05) is 24.1 Å². The molecule has 0 spiro atoms. The van der Waals surface area contributed by atoms with Crippen LogP contribution in [-0.2, 0) is 14.8 Å². The molecule has 0 radical (unpaired) electrons. The second kappa shape index (κ2) is 9.60. The lowest BCUT2D eigenvalue weighted by Crippen LogP contribution is -2.14. The molecule has 1 amide bonds. The van der Waals surface area contributed by atoms with Crippen LogP contribution in [0.5, 0.6) is 11.5 Å². The van der Waals surface area contributed by atoms with E-state index in [1.807, 2.05) is 0 Å². The molecule has 178 valence electrons. The minimum atomic E-state index is -3.83. The number of hydrogen-bond donors (Lipinski definition) is 2. The normalized spacial score (nSPS) is 13.6. The summed E-state index contributed by atoms with van der Waals surface area (Å²) in [6, 6.07) is 11.1. The highest BCUT2D eigenvalue weighted by molar-refractivity contribution is 7.92. The summed E-state index contributed by atoms with van der Waals surface area (Å²) in [5, 5.41) is 6.80. The molecule has 10 heteroatoms. The summed E-state index contributed by atoms with van der Waals surface area (Å²) < 4.78 is 43.9. The van der Waals surface area contributed by atoms with Gasteiger partial charge in [-0.25, -0.2) is 8.42 Å². The lowest BCUT2D eigenvalue weighted by molar-refractivity contribution is -0.117. The number of methoxy groups -OCH3 is 2. The van der Waals surface area contributed by atoms with Crippen molar-refractivity contribution in [3.8, 4) is 11.5 Å². The van der Waals surface area contributed by atoms with Gasteiger partial charge in [-0.1, -0.05) is 23.4 Å². The number of rotatable bonds is 9. The van der Waals surface area contributed by atoms with Crippen LogP contribution in [0, 0.1) is 12.8 Å². The minimum Gasteiger partial charge on any atom is -0.497 e. The van der Waals surface area contributed by atoms with E-state index >= 15 is 0 Å². The van der Waals surface area contributed by atoms with Gasteiger partial charge >= 0.3 is 0 Å². The number of nitrogens with zero attached hydrogens (tertiary/aromatic N) is 1. The molecule has 1 aliphatic rings. The SMILES string of the molecule is COc1cc(NS(=O)(=O)c2ccc(/C=C\c3onc(C)c3NC(=O)C3CC3)cc2)cc(OC)c1.